The number of aliphatic hydroxyl groups excluding tert-OH is 2. The third kappa shape index (κ3) is 3.60. The van der Waals surface area contributed by atoms with Crippen molar-refractivity contribution in [2.75, 3.05) is 13.2 Å². The molecule has 3 aromatic rings. The molecule has 8 heteroatoms. The van der Waals surface area contributed by atoms with E-state index in [9.17, 15) is 23.0 Å². The van der Waals surface area contributed by atoms with E-state index >= 15 is 0 Å². The maximum atomic E-state index is 13.1. The molecule has 2 N–H and O–H groups in total. The fourth-order valence-corrected chi connectivity index (χ4v) is 5.55. The number of fused-ring (bicyclic) bond motifs is 1. The lowest BCUT2D eigenvalue weighted by Gasteiger charge is -2.38. The summed E-state index contributed by atoms with van der Waals surface area (Å²) >= 11 is 0. The van der Waals surface area contributed by atoms with E-state index in [2.05, 4.69) is 0 Å². The van der Waals surface area contributed by atoms with Gasteiger partial charge in [0.1, 0.15) is 17.3 Å². The third-order valence-electron chi connectivity index (χ3n) is 5.08. The Hall–Kier alpha value is -2.52. The van der Waals surface area contributed by atoms with Crippen LogP contribution in [0.2, 0.25) is 0 Å². The van der Waals surface area contributed by atoms with Gasteiger partial charge in [0.2, 0.25) is 10.0 Å². The van der Waals surface area contributed by atoms with Crippen molar-refractivity contribution in [3.8, 4) is 11.3 Å². The minimum atomic E-state index is -3.87. The number of furan rings is 1. The summed E-state index contributed by atoms with van der Waals surface area (Å²) in [6, 6.07) is 14.8. The smallest absolute Gasteiger partial charge is 0.243 e. The van der Waals surface area contributed by atoms with E-state index in [0.717, 1.165) is 4.31 Å². The molecule has 2 aromatic carbocycles. The molecule has 2 heterocycles. The number of halogens is 1. The lowest BCUT2D eigenvalue weighted by molar-refractivity contribution is 0.0698. The largest absolute Gasteiger partial charge is 0.461 e. The Morgan fingerprint density at radius 3 is 2.48 bits per heavy atom. The summed E-state index contributed by atoms with van der Waals surface area (Å²) in [6.07, 6.45) is -0.948. The summed E-state index contributed by atoms with van der Waals surface area (Å²) in [5, 5.41) is 20.3. The molecule has 0 saturated carbocycles. The summed E-state index contributed by atoms with van der Waals surface area (Å²) < 4.78 is 46.2. The van der Waals surface area contributed by atoms with Crippen molar-refractivity contribution in [3.63, 3.8) is 0 Å². The van der Waals surface area contributed by atoms with Gasteiger partial charge in [-0.15, -0.1) is 0 Å². The van der Waals surface area contributed by atoms with Crippen molar-refractivity contribution in [1.82, 2.24) is 4.31 Å². The highest BCUT2D eigenvalue weighted by molar-refractivity contribution is 7.89. The van der Waals surface area contributed by atoms with Gasteiger partial charge in [-0.3, -0.25) is 0 Å². The molecule has 2 atom stereocenters. The first-order valence-electron chi connectivity index (χ1n) is 9.16. The van der Waals surface area contributed by atoms with Crippen LogP contribution in [0.1, 0.15) is 17.4 Å². The molecule has 0 amide bonds. The number of nitrogens with zero attached hydrogens (tertiary/aromatic N) is 1. The van der Waals surface area contributed by atoms with Crippen molar-refractivity contribution < 1.29 is 27.4 Å². The van der Waals surface area contributed by atoms with E-state index < -0.39 is 22.2 Å². The Kier molecular flexibility index (Phi) is 5.26. The number of β-amino-alcohol motifs (C(OH)–C–C–N with tert-alkyl or cyclic N) is 1. The molecule has 0 saturated heterocycles. The molecule has 1 aromatic heterocycles. The highest BCUT2D eigenvalue weighted by Crippen LogP contribution is 2.38. The zero-order valence-electron chi connectivity index (χ0n) is 15.4. The zero-order chi connectivity index (χ0) is 20.6. The SMILES string of the molecule is O=S1(=O)c2ccccc2C(O)C(Cc2ccc(-c3ccc(F)cc3)o2)N1CCO. The molecule has 0 spiro atoms. The van der Waals surface area contributed by atoms with Gasteiger partial charge in [-0.2, -0.15) is 4.31 Å². The molecular formula is C21H20FNO5S. The second-order valence-electron chi connectivity index (χ2n) is 6.87. The van der Waals surface area contributed by atoms with Crippen LogP contribution in [-0.2, 0) is 16.4 Å². The quantitative estimate of drug-likeness (QED) is 0.666. The van der Waals surface area contributed by atoms with Crippen LogP contribution >= 0.6 is 0 Å². The highest BCUT2D eigenvalue weighted by atomic mass is 32.2. The number of aliphatic hydroxyl groups is 2. The van der Waals surface area contributed by atoms with Gasteiger partial charge < -0.3 is 14.6 Å². The molecule has 1 aliphatic heterocycles. The van der Waals surface area contributed by atoms with Crippen LogP contribution in [0.4, 0.5) is 4.39 Å². The monoisotopic (exact) mass is 417 g/mol. The molecular weight excluding hydrogens is 397 g/mol. The van der Waals surface area contributed by atoms with Crippen LogP contribution in [0.5, 0.6) is 0 Å². The van der Waals surface area contributed by atoms with Crippen molar-refractivity contribution in [2.45, 2.75) is 23.5 Å². The average molecular weight is 417 g/mol. The van der Waals surface area contributed by atoms with E-state index in [-0.39, 0.29) is 30.3 Å². The van der Waals surface area contributed by atoms with Gasteiger partial charge in [-0.05, 0) is 42.5 Å². The van der Waals surface area contributed by atoms with E-state index in [1.807, 2.05) is 0 Å². The Morgan fingerprint density at radius 1 is 1.03 bits per heavy atom. The molecule has 0 fully saturated rings. The Labute approximate surface area is 167 Å². The zero-order valence-corrected chi connectivity index (χ0v) is 16.2. The fourth-order valence-electron chi connectivity index (χ4n) is 3.69. The Morgan fingerprint density at radius 2 is 1.76 bits per heavy atom. The molecule has 1 aliphatic rings. The van der Waals surface area contributed by atoms with Crippen LogP contribution in [0.3, 0.4) is 0 Å². The topological polar surface area (TPSA) is 91.0 Å². The normalized spacial score (nSPS) is 21.1. The Bertz CT molecular complexity index is 1110. The molecule has 2 unspecified atom stereocenters. The first-order chi connectivity index (χ1) is 13.9. The van der Waals surface area contributed by atoms with E-state index in [0.29, 0.717) is 22.6 Å². The lowest BCUT2D eigenvalue weighted by atomic mass is 9.98. The van der Waals surface area contributed by atoms with Gasteiger partial charge in [-0.1, -0.05) is 18.2 Å². The summed E-state index contributed by atoms with van der Waals surface area (Å²) in [4.78, 5) is 0.0450. The van der Waals surface area contributed by atoms with Gasteiger partial charge in [0, 0.05) is 24.1 Å². The Balaban J connectivity index is 1.68. The highest BCUT2D eigenvalue weighted by Gasteiger charge is 2.43. The molecule has 0 aliphatic carbocycles. The average Bonchev–Trinajstić information content (AvgIpc) is 3.18. The molecule has 29 heavy (non-hydrogen) atoms. The van der Waals surface area contributed by atoms with E-state index in [1.54, 1.807) is 42.5 Å². The van der Waals surface area contributed by atoms with Gasteiger partial charge in [0.25, 0.3) is 0 Å². The van der Waals surface area contributed by atoms with Gasteiger partial charge in [0.15, 0.2) is 0 Å². The summed E-state index contributed by atoms with van der Waals surface area (Å²) in [5.41, 5.74) is 1.02. The minimum Gasteiger partial charge on any atom is -0.461 e. The number of hydrogen-bond donors (Lipinski definition) is 2. The van der Waals surface area contributed by atoms with Crippen LogP contribution in [0.25, 0.3) is 11.3 Å². The molecule has 4 rings (SSSR count). The fraction of sp³-hybridized carbons (Fsp3) is 0.238. The first kappa shape index (κ1) is 19.8. The molecule has 0 bridgehead atoms. The number of hydrogen-bond acceptors (Lipinski definition) is 5. The van der Waals surface area contributed by atoms with Crippen molar-refractivity contribution in [3.05, 3.63) is 77.8 Å². The molecule has 6 nitrogen and oxygen atoms in total. The van der Waals surface area contributed by atoms with Crippen LogP contribution < -0.4 is 0 Å². The lowest BCUT2D eigenvalue weighted by Crippen LogP contribution is -2.50. The van der Waals surface area contributed by atoms with E-state index in [1.165, 1.54) is 18.2 Å². The van der Waals surface area contributed by atoms with Crippen LogP contribution in [-0.4, -0.2) is 42.1 Å². The second kappa shape index (κ2) is 7.72. The summed E-state index contributed by atoms with van der Waals surface area (Å²) in [6.45, 7) is -0.506. The van der Waals surface area contributed by atoms with Crippen molar-refractivity contribution in [2.24, 2.45) is 0 Å². The standard InChI is InChI=1S/C21H20FNO5S/c22-15-7-5-14(6-8-15)19-10-9-16(28-19)13-18-21(25)17-3-1-2-4-20(17)29(26,27)23(18)11-12-24/h1-10,18,21,24-25H,11-13H2. The predicted molar refractivity (Wildman–Crippen MR) is 104 cm³/mol. The number of sulfonamides is 1. The third-order valence-corrected chi connectivity index (χ3v) is 7.08. The molecule has 152 valence electrons. The number of benzene rings is 2. The number of rotatable bonds is 5. The minimum absolute atomic E-state index is 0.0450. The summed E-state index contributed by atoms with van der Waals surface area (Å²) in [5.74, 6) is 0.641. The summed E-state index contributed by atoms with van der Waals surface area (Å²) in [7, 11) is -3.87. The maximum Gasteiger partial charge on any atom is 0.243 e. The van der Waals surface area contributed by atoms with E-state index in [4.69, 9.17) is 4.42 Å². The van der Waals surface area contributed by atoms with Crippen molar-refractivity contribution in [1.29, 1.82) is 0 Å². The van der Waals surface area contributed by atoms with Gasteiger partial charge >= 0.3 is 0 Å². The maximum absolute atomic E-state index is 13.1. The second-order valence-corrected chi connectivity index (χ2v) is 8.73. The predicted octanol–water partition coefficient (Wildman–Crippen LogP) is 2.73. The van der Waals surface area contributed by atoms with Crippen LogP contribution in [0, 0.1) is 5.82 Å². The van der Waals surface area contributed by atoms with Crippen molar-refractivity contribution >= 4 is 10.0 Å². The van der Waals surface area contributed by atoms with Crippen LogP contribution in [0.15, 0.2) is 70.0 Å². The van der Waals surface area contributed by atoms with Gasteiger partial charge in [0.05, 0.1) is 23.6 Å². The first-order valence-corrected chi connectivity index (χ1v) is 10.6. The molecule has 0 radical (unpaired) electrons. The van der Waals surface area contributed by atoms with Gasteiger partial charge in [-0.25, -0.2) is 12.8 Å².